The molecular formula is C19H26N4. The van der Waals surface area contributed by atoms with Gasteiger partial charge in [0.1, 0.15) is 0 Å². The Labute approximate surface area is 139 Å². The molecule has 0 amide bonds. The monoisotopic (exact) mass is 310 g/mol. The molecule has 0 unspecified atom stereocenters. The quantitative estimate of drug-likeness (QED) is 0.666. The number of benzene rings is 1. The predicted molar refractivity (Wildman–Crippen MR) is 94.1 cm³/mol. The first-order valence-electron chi connectivity index (χ1n) is 8.26. The van der Waals surface area contributed by atoms with Crippen molar-refractivity contribution in [2.75, 3.05) is 0 Å². The van der Waals surface area contributed by atoms with E-state index >= 15 is 0 Å². The molecule has 0 fully saturated rings. The van der Waals surface area contributed by atoms with Gasteiger partial charge in [0, 0.05) is 5.41 Å². The van der Waals surface area contributed by atoms with E-state index in [9.17, 15) is 0 Å². The lowest BCUT2D eigenvalue weighted by molar-refractivity contribution is 0.421. The zero-order valence-electron chi connectivity index (χ0n) is 14.8. The van der Waals surface area contributed by atoms with Crippen LogP contribution in [-0.2, 0) is 12.0 Å². The summed E-state index contributed by atoms with van der Waals surface area (Å²) in [7, 11) is 0. The highest BCUT2D eigenvalue weighted by atomic mass is 15.2. The van der Waals surface area contributed by atoms with Crippen molar-refractivity contribution in [3.63, 3.8) is 0 Å². The van der Waals surface area contributed by atoms with Crippen molar-refractivity contribution in [1.82, 2.24) is 10.2 Å². The molecule has 0 aliphatic heterocycles. The fraction of sp³-hybridized carbons (Fsp3) is 0.474. The third kappa shape index (κ3) is 4.21. The average molecular weight is 310 g/mol. The number of azo groups is 1. The van der Waals surface area contributed by atoms with Crippen LogP contribution in [0.15, 0.2) is 40.6 Å². The van der Waals surface area contributed by atoms with Crippen molar-refractivity contribution in [3.05, 3.63) is 52.7 Å². The Morgan fingerprint density at radius 3 is 2.35 bits per heavy atom. The number of hydrogen-bond donors (Lipinski definition) is 0. The molecule has 2 rings (SSSR count). The van der Waals surface area contributed by atoms with Crippen molar-refractivity contribution in [2.45, 2.75) is 59.4 Å². The highest BCUT2D eigenvalue weighted by molar-refractivity contribution is 5.31. The maximum absolute atomic E-state index is 4.35. The van der Waals surface area contributed by atoms with Crippen molar-refractivity contribution in [3.8, 4) is 0 Å². The van der Waals surface area contributed by atoms with Gasteiger partial charge in [-0.05, 0) is 49.9 Å². The molecule has 0 saturated heterocycles. The summed E-state index contributed by atoms with van der Waals surface area (Å²) in [5.74, 6) is 0.564. The molecular weight excluding hydrogens is 284 g/mol. The van der Waals surface area contributed by atoms with Gasteiger partial charge in [-0.15, -0.1) is 10.2 Å². The summed E-state index contributed by atoms with van der Waals surface area (Å²) >= 11 is 0. The SMILES string of the molecule is CCC(C)(CC)c1ccc(N=NCc2cc(C)ccc2C)nn1. The molecule has 0 saturated carbocycles. The van der Waals surface area contributed by atoms with E-state index in [-0.39, 0.29) is 5.41 Å². The van der Waals surface area contributed by atoms with Gasteiger partial charge in [-0.25, -0.2) is 0 Å². The summed E-state index contributed by atoms with van der Waals surface area (Å²) in [6.07, 6.45) is 2.09. The smallest absolute Gasteiger partial charge is 0.182 e. The number of aryl methyl sites for hydroxylation is 2. The number of aromatic nitrogens is 2. The molecule has 0 radical (unpaired) electrons. The largest absolute Gasteiger partial charge is 0.195 e. The van der Waals surface area contributed by atoms with Gasteiger partial charge in [-0.2, -0.15) is 10.2 Å². The normalized spacial score (nSPS) is 12.0. The van der Waals surface area contributed by atoms with Gasteiger partial charge >= 0.3 is 0 Å². The molecule has 0 atom stereocenters. The summed E-state index contributed by atoms with van der Waals surface area (Å²) < 4.78 is 0. The van der Waals surface area contributed by atoms with Crippen LogP contribution in [0.25, 0.3) is 0 Å². The molecule has 4 heteroatoms. The second-order valence-electron chi connectivity index (χ2n) is 6.37. The van der Waals surface area contributed by atoms with Crippen LogP contribution in [0.5, 0.6) is 0 Å². The summed E-state index contributed by atoms with van der Waals surface area (Å²) in [6.45, 7) is 11.3. The lowest BCUT2D eigenvalue weighted by Gasteiger charge is -2.25. The molecule has 1 aromatic carbocycles. The first-order valence-corrected chi connectivity index (χ1v) is 8.26. The maximum atomic E-state index is 4.35. The highest BCUT2D eigenvalue weighted by Crippen LogP contribution is 2.29. The van der Waals surface area contributed by atoms with Gasteiger partial charge < -0.3 is 0 Å². The van der Waals surface area contributed by atoms with Gasteiger partial charge in [-0.1, -0.05) is 44.5 Å². The number of rotatable bonds is 6. The van der Waals surface area contributed by atoms with E-state index in [4.69, 9.17) is 0 Å². The molecule has 1 aromatic heterocycles. The van der Waals surface area contributed by atoms with Crippen LogP contribution >= 0.6 is 0 Å². The topological polar surface area (TPSA) is 50.5 Å². The number of nitrogens with zero attached hydrogens (tertiary/aromatic N) is 4. The van der Waals surface area contributed by atoms with Crippen molar-refractivity contribution < 1.29 is 0 Å². The minimum atomic E-state index is 0.0847. The Balaban J connectivity index is 2.07. The molecule has 1 heterocycles. The molecule has 2 aromatic rings. The Bertz CT molecular complexity index is 670. The van der Waals surface area contributed by atoms with E-state index in [2.05, 4.69) is 73.2 Å². The molecule has 0 aliphatic rings. The van der Waals surface area contributed by atoms with Crippen molar-refractivity contribution >= 4 is 5.82 Å². The summed E-state index contributed by atoms with van der Waals surface area (Å²) in [4.78, 5) is 0. The van der Waals surface area contributed by atoms with Crippen LogP contribution in [0.3, 0.4) is 0 Å². The first-order chi connectivity index (χ1) is 11.0. The van der Waals surface area contributed by atoms with Gasteiger partial charge in [0.05, 0.1) is 12.2 Å². The van der Waals surface area contributed by atoms with E-state index in [0.717, 1.165) is 18.5 Å². The van der Waals surface area contributed by atoms with E-state index in [1.807, 2.05) is 12.1 Å². The van der Waals surface area contributed by atoms with Crippen molar-refractivity contribution in [1.29, 1.82) is 0 Å². The maximum Gasteiger partial charge on any atom is 0.195 e. The van der Waals surface area contributed by atoms with E-state index in [1.165, 1.54) is 16.7 Å². The molecule has 23 heavy (non-hydrogen) atoms. The Kier molecular flexibility index (Phi) is 5.59. The lowest BCUT2D eigenvalue weighted by Crippen LogP contribution is -2.21. The van der Waals surface area contributed by atoms with Crippen LogP contribution in [0.4, 0.5) is 5.82 Å². The van der Waals surface area contributed by atoms with Gasteiger partial charge in [0.25, 0.3) is 0 Å². The zero-order valence-corrected chi connectivity index (χ0v) is 14.8. The van der Waals surface area contributed by atoms with E-state index < -0.39 is 0 Å². The van der Waals surface area contributed by atoms with Crippen LogP contribution in [-0.4, -0.2) is 10.2 Å². The second kappa shape index (κ2) is 7.44. The van der Waals surface area contributed by atoms with E-state index in [1.54, 1.807) is 0 Å². The second-order valence-corrected chi connectivity index (χ2v) is 6.37. The first kappa shape index (κ1) is 17.3. The Morgan fingerprint density at radius 1 is 1.00 bits per heavy atom. The van der Waals surface area contributed by atoms with Gasteiger partial charge in [-0.3, -0.25) is 0 Å². The van der Waals surface area contributed by atoms with Crippen molar-refractivity contribution in [2.24, 2.45) is 10.2 Å². The van der Waals surface area contributed by atoms with Crippen LogP contribution in [0.1, 0.15) is 56.0 Å². The third-order valence-corrected chi connectivity index (χ3v) is 4.75. The highest BCUT2D eigenvalue weighted by Gasteiger charge is 2.24. The molecule has 0 bridgehead atoms. The lowest BCUT2D eigenvalue weighted by atomic mass is 9.81. The summed E-state index contributed by atoms with van der Waals surface area (Å²) in [5.41, 5.74) is 4.78. The average Bonchev–Trinajstić information content (AvgIpc) is 2.58. The van der Waals surface area contributed by atoms with Crippen LogP contribution < -0.4 is 0 Å². The summed E-state index contributed by atoms with van der Waals surface area (Å²) in [6, 6.07) is 10.3. The zero-order chi connectivity index (χ0) is 16.9. The van der Waals surface area contributed by atoms with Crippen LogP contribution in [0, 0.1) is 13.8 Å². The molecule has 0 aliphatic carbocycles. The molecule has 122 valence electrons. The third-order valence-electron chi connectivity index (χ3n) is 4.75. The Morgan fingerprint density at radius 2 is 1.74 bits per heavy atom. The number of hydrogen-bond acceptors (Lipinski definition) is 4. The Hall–Kier alpha value is -2.10. The van der Waals surface area contributed by atoms with Crippen LogP contribution in [0.2, 0.25) is 0 Å². The minimum Gasteiger partial charge on any atom is -0.182 e. The fourth-order valence-electron chi connectivity index (χ4n) is 2.47. The van der Waals surface area contributed by atoms with E-state index in [0.29, 0.717) is 12.4 Å². The molecule has 0 N–H and O–H groups in total. The predicted octanol–water partition coefficient (Wildman–Crippen LogP) is 5.46. The summed E-state index contributed by atoms with van der Waals surface area (Å²) in [5, 5.41) is 17.0. The minimum absolute atomic E-state index is 0.0847. The molecule has 0 spiro atoms. The molecule has 4 nitrogen and oxygen atoms in total. The van der Waals surface area contributed by atoms with Gasteiger partial charge in [0.2, 0.25) is 0 Å². The van der Waals surface area contributed by atoms with Gasteiger partial charge in [0.15, 0.2) is 5.82 Å². The fourth-order valence-corrected chi connectivity index (χ4v) is 2.47. The standard InChI is InChI=1S/C19H26N4/c1-6-19(5,7-2)17-10-11-18(23-21-17)22-20-13-16-12-14(3)8-9-15(16)4/h8-12H,6-7,13H2,1-5H3.